The van der Waals surface area contributed by atoms with E-state index < -0.39 is 23.5 Å². The van der Waals surface area contributed by atoms with Gasteiger partial charge < -0.3 is 9.47 Å². The zero-order chi connectivity index (χ0) is 51.0. The van der Waals surface area contributed by atoms with E-state index >= 15 is 0 Å². The third-order valence-corrected chi connectivity index (χ3v) is 14.3. The predicted molar refractivity (Wildman–Crippen MR) is 294 cm³/mol. The van der Waals surface area contributed by atoms with Crippen molar-refractivity contribution in [1.29, 1.82) is 0 Å². The molecule has 11 aromatic carbocycles. The Morgan fingerprint density at radius 2 is 0.814 bits per heavy atom. The van der Waals surface area contributed by atoms with Crippen molar-refractivity contribution in [3.8, 4) is 50.2 Å². The smallest absolute Gasteiger partial charge is 0.0713 e. The molecule has 1 aliphatic carbocycles. The quantitative estimate of drug-likeness (QED) is 0.140. The summed E-state index contributed by atoms with van der Waals surface area (Å²) in [6.45, 7) is 2.09. The van der Waals surface area contributed by atoms with Gasteiger partial charge in [0.15, 0.2) is 0 Å². The number of benzene rings is 11. The predicted octanol–water partition coefficient (Wildman–Crippen LogP) is 17.9. The second-order valence-electron chi connectivity index (χ2n) is 18.2. The highest BCUT2D eigenvalue weighted by Crippen LogP contribution is 2.56. The molecule has 1 aliphatic rings. The maximum Gasteiger partial charge on any atom is 0.0713 e. The van der Waals surface area contributed by atoms with Crippen LogP contribution in [0.1, 0.15) is 34.7 Å². The molecule has 0 amide bonds. The summed E-state index contributed by atoms with van der Waals surface area (Å²) in [5.74, 6) is 0. The summed E-state index contributed by atoms with van der Waals surface area (Å²) < 4.78 is 46.9. The molecular weight excluding hydrogens is 845 g/mol. The van der Waals surface area contributed by atoms with Gasteiger partial charge in [-0.05, 0) is 140 Å². The van der Waals surface area contributed by atoms with Crippen LogP contribution in [0.5, 0.6) is 0 Å². The summed E-state index contributed by atoms with van der Waals surface area (Å²) in [5.41, 5.74) is 19.0. The molecule has 0 radical (unpaired) electrons. The van der Waals surface area contributed by atoms with Gasteiger partial charge in [0, 0.05) is 33.5 Å². The van der Waals surface area contributed by atoms with Crippen LogP contribution in [0.2, 0.25) is 0 Å². The van der Waals surface area contributed by atoms with Gasteiger partial charge in [0.1, 0.15) is 0 Å². The first-order valence-electron chi connectivity index (χ1n) is 26.3. The summed E-state index contributed by atoms with van der Waals surface area (Å²) >= 11 is 0. The Bertz CT molecular complexity index is 4080. The molecule has 0 N–H and O–H groups in total. The topological polar surface area (TPSA) is 8.17 Å². The summed E-state index contributed by atoms with van der Waals surface area (Å²) in [7, 11) is 0. The van der Waals surface area contributed by atoms with Crippen LogP contribution in [0, 0.1) is 6.92 Å². The second-order valence-corrected chi connectivity index (χ2v) is 18.2. The van der Waals surface area contributed by atoms with Crippen molar-refractivity contribution < 1.29 is 6.85 Å². The van der Waals surface area contributed by atoms with E-state index in [9.17, 15) is 2.74 Å². The summed E-state index contributed by atoms with van der Waals surface area (Å²) in [5, 5.41) is 1.97. The first-order valence-corrected chi connectivity index (χ1v) is 23.8. The van der Waals surface area contributed by atoms with Crippen molar-refractivity contribution in [3.63, 3.8) is 0 Å². The molecule has 2 heteroatoms. The number of para-hydroxylation sites is 2. The molecular formula is C68H48N2. The third-order valence-electron chi connectivity index (χ3n) is 14.3. The molecule has 12 aromatic rings. The first kappa shape index (κ1) is 36.1. The Kier molecular flexibility index (Phi) is 8.75. The van der Waals surface area contributed by atoms with Crippen LogP contribution >= 0.6 is 0 Å². The number of fused-ring (bicyclic) bond motifs is 6. The lowest BCUT2D eigenvalue weighted by atomic mass is 9.67. The normalized spacial score (nSPS) is 13.5. The number of nitrogens with zero attached hydrogens (tertiary/aromatic N) is 2. The van der Waals surface area contributed by atoms with Gasteiger partial charge in [0.05, 0.1) is 23.3 Å². The second kappa shape index (κ2) is 17.0. The highest BCUT2D eigenvalue weighted by atomic mass is 15.1. The number of aryl methyl sites for hydroxylation is 1. The SMILES string of the molecule is [2H]c1c([2H])c([2H])c(N(c2ccc(-c3ccc(-c4ccc(C)cc4)cc3)cc2)c2ccc3c(c2)c2cc(-c4ccc(C5(c6ccccc6)c6ccccc6-c6ccccc65)cc4)ccc2n3-c2ccccc2)c([2H])c1[2H]. The molecule has 0 saturated carbocycles. The van der Waals surface area contributed by atoms with Gasteiger partial charge in [-0.15, -0.1) is 0 Å². The third kappa shape index (κ3) is 6.79. The van der Waals surface area contributed by atoms with Crippen LogP contribution in [-0.4, -0.2) is 4.57 Å². The molecule has 2 nitrogen and oxygen atoms in total. The molecule has 0 bridgehead atoms. The molecule has 0 aliphatic heterocycles. The minimum absolute atomic E-state index is 0.0731. The van der Waals surface area contributed by atoms with Crippen LogP contribution < -0.4 is 4.90 Å². The molecule has 0 unspecified atom stereocenters. The van der Waals surface area contributed by atoms with Crippen LogP contribution in [0.3, 0.4) is 0 Å². The van der Waals surface area contributed by atoms with Crippen LogP contribution in [0.4, 0.5) is 17.1 Å². The van der Waals surface area contributed by atoms with Crippen molar-refractivity contribution in [2.45, 2.75) is 12.3 Å². The number of rotatable bonds is 9. The van der Waals surface area contributed by atoms with Crippen LogP contribution in [-0.2, 0) is 5.41 Å². The average Bonchev–Trinajstić information content (AvgIpc) is 4.11. The van der Waals surface area contributed by atoms with Gasteiger partial charge in [-0.1, -0.05) is 212 Å². The monoisotopic (exact) mass is 897 g/mol. The Balaban J connectivity index is 0.952. The number of aromatic nitrogens is 1. The van der Waals surface area contributed by atoms with Crippen molar-refractivity contribution in [2.24, 2.45) is 0 Å². The minimum atomic E-state index is -0.504. The van der Waals surface area contributed by atoms with Gasteiger partial charge in [-0.25, -0.2) is 0 Å². The fourth-order valence-electron chi connectivity index (χ4n) is 11.0. The van der Waals surface area contributed by atoms with Gasteiger partial charge >= 0.3 is 0 Å². The van der Waals surface area contributed by atoms with Gasteiger partial charge in [0.2, 0.25) is 0 Å². The molecule has 70 heavy (non-hydrogen) atoms. The summed E-state index contributed by atoms with van der Waals surface area (Å²) in [6, 6.07) is 83.9. The highest BCUT2D eigenvalue weighted by molar-refractivity contribution is 6.12. The maximum atomic E-state index is 9.26. The Hall–Kier alpha value is -8.98. The Labute approximate surface area is 416 Å². The molecule has 0 saturated heterocycles. The van der Waals surface area contributed by atoms with E-state index in [4.69, 9.17) is 4.11 Å². The maximum absolute atomic E-state index is 9.26. The Morgan fingerprint density at radius 3 is 1.43 bits per heavy atom. The van der Waals surface area contributed by atoms with Crippen molar-refractivity contribution in [1.82, 2.24) is 4.57 Å². The molecule has 0 atom stereocenters. The van der Waals surface area contributed by atoms with Crippen molar-refractivity contribution >= 4 is 38.9 Å². The average molecular weight is 898 g/mol. The number of hydrogen-bond donors (Lipinski definition) is 0. The van der Waals surface area contributed by atoms with E-state index in [1.807, 2.05) is 48.5 Å². The number of hydrogen-bond acceptors (Lipinski definition) is 1. The van der Waals surface area contributed by atoms with Crippen molar-refractivity contribution in [2.75, 3.05) is 4.90 Å². The van der Waals surface area contributed by atoms with Gasteiger partial charge in [0.25, 0.3) is 0 Å². The fourth-order valence-corrected chi connectivity index (χ4v) is 11.0. The largest absolute Gasteiger partial charge is 0.310 e. The number of anilines is 3. The van der Waals surface area contributed by atoms with Gasteiger partial charge in [-0.2, -0.15) is 0 Å². The van der Waals surface area contributed by atoms with E-state index in [1.165, 1.54) is 38.9 Å². The minimum Gasteiger partial charge on any atom is -0.310 e. The fraction of sp³-hybridized carbons (Fsp3) is 0.0294. The summed E-state index contributed by atoms with van der Waals surface area (Å²) in [6.07, 6.45) is 0. The van der Waals surface area contributed by atoms with Gasteiger partial charge in [-0.3, -0.25) is 0 Å². The molecule has 1 aromatic heterocycles. The van der Waals surface area contributed by atoms with Crippen LogP contribution in [0.25, 0.3) is 72.0 Å². The molecule has 0 fully saturated rings. The van der Waals surface area contributed by atoms with E-state index in [0.29, 0.717) is 11.4 Å². The lowest BCUT2D eigenvalue weighted by molar-refractivity contribution is 0.768. The highest BCUT2D eigenvalue weighted by Gasteiger charge is 2.45. The van der Waals surface area contributed by atoms with E-state index in [-0.39, 0.29) is 17.8 Å². The first-order chi connectivity index (χ1) is 36.7. The Morgan fingerprint density at radius 1 is 0.371 bits per heavy atom. The zero-order valence-corrected chi connectivity index (χ0v) is 38.5. The zero-order valence-electron chi connectivity index (χ0n) is 43.5. The van der Waals surface area contributed by atoms with E-state index in [0.717, 1.165) is 60.9 Å². The van der Waals surface area contributed by atoms with Crippen molar-refractivity contribution in [3.05, 3.63) is 301 Å². The molecule has 330 valence electrons. The lowest BCUT2D eigenvalue weighted by Crippen LogP contribution is -2.28. The van der Waals surface area contributed by atoms with Crippen LogP contribution in [0.15, 0.2) is 273 Å². The lowest BCUT2D eigenvalue weighted by Gasteiger charge is -2.34. The standard InChI is InChI=1S/C68H48N2/c1-47-25-27-48(28-26-47)49-29-31-50(32-30-49)51-35-40-58(41-36-51)69(56-17-7-3-8-18-56)59-42-44-67-63(46-59)62-45-53(37-43-66(62)70(67)57-19-9-4-10-20-57)52-33-38-55(39-34-52)68(54-15-5-2-6-16-54)64-23-13-11-21-60(64)61-22-12-14-24-65(61)68/h2-46H,1H3/i3D,7D,8D,17D,18D. The van der Waals surface area contributed by atoms with E-state index in [2.05, 4.69) is 206 Å². The molecule has 1 heterocycles. The molecule has 0 spiro atoms. The van der Waals surface area contributed by atoms with E-state index in [1.54, 1.807) is 4.90 Å². The molecule has 13 rings (SSSR count). The summed E-state index contributed by atoms with van der Waals surface area (Å²) in [4.78, 5) is 1.81.